The van der Waals surface area contributed by atoms with Crippen LogP contribution in [0.15, 0.2) is 44.7 Å². The highest BCUT2D eigenvalue weighted by atomic mass is 32.2. The molecule has 6 heteroatoms. The minimum absolute atomic E-state index is 0.0592. The number of amides is 1. The average Bonchev–Trinajstić information content (AvgIpc) is 3.17. The van der Waals surface area contributed by atoms with Crippen LogP contribution in [0, 0.1) is 6.92 Å². The molecule has 1 aliphatic heterocycles. The SMILES string of the molecule is CCOC(=O)C1CCCCN1C(=O)c1ccc(Sc2cc(C(C)(C)C)ccc2C)o1. The van der Waals surface area contributed by atoms with Crippen LogP contribution in [0.2, 0.25) is 0 Å². The van der Waals surface area contributed by atoms with Gasteiger partial charge in [-0.15, -0.1) is 0 Å². The number of ether oxygens (including phenoxy) is 1. The van der Waals surface area contributed by atoms with E-state index >= 15 is 0 Å². The molecule has 1 aliphatic rings. The van der Waals surface area contributed by atoms with Crippen molar-refractivity contribution in [2.45, 2.75) is 75.3 Å². The third-order valence-corrected chi connectivity index (χ3v) is 6.46. The first-order valence-corrected chi connectivity index (χ1v) is 11.4. The number of rotatable bonds is 5. The van der Waals surface area contributed by atoms with Gasteiger partial charge < -0.3 is 14.1 Å². The van der Waals surface area contributed by atoms with Crippen molar-refractivity contribution in [3.63, 3.8) is 0 Å². The highest BCUT2D eigenvalue weighted by Crippen LogP contribution is 2.35. The maximum Gasteiger partial charge on any atom is 0.328 e. The fourth-order valence-corrected chi connectivity index (χ4v) is 4.47. The van der Waals surface area contributed by atoms with Crippen LogP contribution >= 0.6 is 11.8 Å². The molecule has 3 rings (SSSR count). The van der Waals surface area contributed by atoms with Gasteiger partial charge in [-0.2, -0.15) is 0 Å². The van der Waals surface area contributed by atoms with Crippen molar-refractivity contribution in [3.05, 3.63) is 47.2 Å². The summed E-state index contributed by atoms with van der Waals surface area (Å²) >= 11 is 1.52. The molecule has 0 spiro atoms. The van der Waals surface area contributed by atoms with Gasteiger partial charge >= 0.3 is 5.97 Å². The Balaban J connectivity index is 1.77. The minimum atomic E-state index is -0.530. The van der Waals surface area contributed by atoms with Crippen LogP contribution in [-0.4, -0.2) is 36.0 Å². The monoisotopic (exact) mass is 429 g/mol. The lowest BCUT2D eigenvalue weighted by Gasteiger charge is -2.33. The van der Waals surface area contributed by atoms with Gasteiger partial charge in [0.05, 0.1) is 6.61 Å². The first-order valence-electron chi connectivity index (χ1n) is 10.6. The molecule has 0 aliphatic carbocycles. The summed E-state index contributed by atoms with van der Waals surface area (Å²) in [7, 11) is 0. The Morgan fingerprint density at radius 1 is 1.20 bits per heavy atom. The molecule has 1 atom stereocenters. The molecule has 1 aromatic carbocycles. The van der Waals surface area contributed by atoms with Gasteiger partial charge in [0.15, 0.2) is 10.9 Å². The normalized spacial score (nSPS) is 17.1. The largest absolute Gasteiger partial charge is 0.464 e. The van der Waals surface area contributed by atoms with E-state index in [1.54, 1.807) is 17.9 Å². The molecule has 0 bridgehead atoms. The van der Waals surface area contributed by atoms with Gasteiger partial charge in [0, 0.05) is 11.4 Å². The number of carbonyl (C=O) groups is 2. The van der Waals surface area contributed by atoms with Gasteiger partial charge in [-0.1, -0.05) is 44.7 Å². The zero-order valence-electron chi connectivity index (χ0n) is 18.5. The standard InChI is InChI=1S/C24H31NO4S/c1-6-28-23(27)18-9-7-8-14-25(18)22(26)19-12-13-21(29-19)30-20-15-17(24(3,4)5)11-10-16(20)2/h10-13,15,18H,6-9,14H2,1-5H3. The van der Waals surface area contributed by atoms with Crippen LogP contribution in [-0.2, 0) is 14.9 Å². The second-order valence-corrected chi connectivity index (χ2v) is 9.76. The molecule has 1 unspecified atom stereocenters. The quantitative estimate of drug-likeness (QED) is 0.580. The smallest absolute Gasteiger partial charge is 0.328 e. The van der Waals surface area contributed by atoms with Crippen molar-refractivity contribution in [1.82, 2.24) is 4.90 Å². The lowest BCUT2D eigenvalue weighted by molar-refractivity contribution is -0.149. The number of hydrogen-bond acceptors (Lipinski definition) is 5. The fourth-order valence-electron chi connectivity index (χ4n) is 3.57. The number of benzene rings is 1. The third kappa shape index (κ3) is 5.09. The molecular formula is C24H31NO4S. The van der Waals surface area contributed by atoms with Crippen molar-refractivity contribution < 1.29 is 18.7 Å². The summed E-state index contributed by atoms with van der Waals surface area (Å²) in [6.07, 6.45) is 2.42. The summed E-state index contributed by atoms with van der Waals surface area (Å²) in [5.41, 5.74) is 2.48. The summed E-state index contributed by atoms with van der Waals surface area (Å²) < 4.78 is 11.1. The van der Waals surface area contributed by atoms with E-state index in [1.165, 1.54) is 17.3 Å². The molecular weight excluding hydrogens is 398 g/mol. The Bertz CT molecular complexity index is 912. The maximum absolute atomic E-state index is 13.1. The highest BCUT2D eigenvalue weighted by molar-refractivity contribution is 7.99. The van der Waals surface area contributed by atoms with Gasteiger partial charge in [-0.3, -0.25) is 4.79 Å². The molecule has 0 N–H and O–H groups in total. The first-order chi connectivity index (χ1) is 14.2. The third-order valence-electron chi connectivity index (χ3n) is 5.38. The molecule has 1 saturated heterocycles. The number of aryl methyl sites for hydroxylation is 1. The summed E-state index contributed by atoms with van der Waals surface area (Å²) in [6, 6.07) is 9.45. The van der Waals surface area contributed by atoms with E-state index in [4.69, 9.17) is 9.15 Å². The van der Waals surface area contributed by atoms with Crippen LogP contribution in [0.25, 0.3) is 0 Å². The van der Waals surface area contributed by atoms with Crippen LogP contribution in [0.4, 0.5) is 0 Å². The molecule has 0 radical (unpaired) electrons. The van der Waals surface area contributed by atoms with E-state index in [-0.39, 0.29) is 23.1 Å². The van der Waals surface area contributed by atoms with Gasteiger partial charge in [-0.25, -0.2) is 4.79 Å². The first kappa shape index (κ1) is 22.5. The van der Waals surface area contributed by atoms with E-state index in [9.17, 15) is 9.59 Å². The van der Waals surface area contributed by atoms with Gasteiger partial charge in [-0.05, 0) is 67.9 Å². The molecule has 1 aromatic heterocycles. The average molecular weight is 430 g/mol. The summed E-state index contributed by atoms with van der Waals surface area (Å²) in [5.74, 6) is -0.320. The van der Waals surface area contributed by atoms with Crippen LogP contribution in [0.1, 0.15) is 68.6 Å². The fraction of sp³-hybridized carbons (Fsp3) is 0.500. The number of esters is 1. The van der Waals surface area contributed by atoms with E-state index in [2.05, 4.69) is 45.9 Å². The number of hydrogen-bond donors (Lipinski definition) is 0. The second kappa shape index (κ2) is 9.29. The van der Waals surface area contributed by atoms with Crippen LogP contribution in [0.5, 0.6) is 0 Å². The van der Waals surface area contributed by atoms with Crippen LogP contribution < -0.4 is 0 Å². The van der Waals surface area contributed by atoms with E-state index < -0.39 is 6.04 Å². The number of piperidine rings is 1. The Morgan fingerprint density at radius 3 is 2.67 bits per heavy atom. The molecule has 2 aromatic rings. The number of nitrogens with zero attached hydrogens (tertiary/aromatic N) is 1. The zero-order chi connectivity index (χ0) is 21.9. The van der Waals surface area contributed by atoms with Crippen LogP contribution in [0.3, 0.4) is 0 Å². The predicted molar refractivity (Wildman–Crippen MR) is 118 cm³/mol. The maximum atomic E-state index is 13.1. The molecule has 162 valence electrons. The lowest BCUT2D eigenvalue weighted by atomic mass is 9.87. The Kier molecular flexibility index (Phi) is 6.96. The Morgan fingerprint density at radius 2 is 1.97 bits per heavy atom. The zero-order valence-corrected chi connectivity index (χ0v) is 19.3. The number of carbonyl (C=O) groups excluding carboxylic acids is 2. The predicted octanol–water partition coefficient (Wildman–Crippen LogP) is 5.59. The van der Waals surface area contributed by atoms with Crippen molar-refractivity contribution in [2.75, 3.05) is 13.2 Å². The van der Waals surface area contributed by atoms with E-state index in [0.717, 1.165) is 23.3 Å². The highest BCUT2D eigenvalue weighted by Gasteiger charge is 2.34. The topological polar surface area (TPSA) is 59.8 Å². The lowest BCUT2D eigenvalue weighted by Crippen LogP contribution is -2.48. The van der Waals surface area contributed by atoms with E-state index in [0.29, 0.717) is 24.7 Å². The number of furan rings is 1. The van der Waals surface area contributed by atoms with Crippen molar-refractivity contribution in [1.29, 1.82) is 0 Å². The molecule has 30 heavy (non-hydrogen) atoms. The molecule has 1 amide bonds. The van der Waals surface area contributed by atoms with Gasteiger partial charge in [0.2, 0.25) is 0 Å². The number of likely N-dealkylation sites (tertiary alicyclic amines) is 1. The minimum Gasteiger partial charge on any atom is -0.464 e. The second-order valence-electron chi connectivity index (χ2n) is 8.71. The molecule has 0 saturated carbocycles. The molecule has 1 fully saturated rings. The van der Waals surface area contributed by atoms with Gasteiger partial charge in [0.25, 0.3) is 5.91 Å². The van der Waals surface area contributed by atoms with Crippen molar-refractivity contribution in [2.24, 2.45) is 0 Å². The van der Waals surface area contributed by atoms with Crippen molar-refractivity contribution >= 4 is 23.6 Å². The van der Waals surface area contributed by atoms with Gasteiger partial charge in [0.1, 0.15) is 6.04 Å². The Hall–Kier alpha value is -2.21. The summed E-state index contributed by atoms with van der Waals surface area (Å²) in [6.45, 7) is 11.3. The Labute approximate surface area is 183 Å². The van der Waals surface area contributed by atoms with Crippen molar-refractivity contribution in [3.8, 4) is 0 Å². The summed E-state index contributed by atoms with van der Waals surface area (Å²) in [5, 5.41) is 0.664. The molecule has 2 heterocycles. The summed E-state index contributed by atoms with van der Waals surface area (Å²) in [4.78, 5) is 28.0. The molecule has 5 nitrogen and oxygen atoms in total. The van der Waals surface area contributed by atoms with E-state index in [1.807, 2.05) is 6.07 Å².